The Morgan fingerprint density at radius 1 is 0.266 bits per heavy atom. The van der Waals surface area contributed by atoms with Crippen LogP contribution >= 0.6 is 0 Å². The van der Waals surface area contributed by atoms with E-state index in [9.17, 15) is 0 Å². The summed E-state index contributed by atoms with van der Waals surface area (Å²) >= 11 is 0. The van der Waals surface area contributed by atoms with Crippen LogP contribution in [0.3, 0.4) is 0 Å². The number of hydrogen-bond donors (Lipinski definition) is 0. The molecule has 12 aromatic carbocycles. The van der Waals surface area contributed by atoms with Gasteiger partial charge in [0.05, 0.1) is 22.1 Å². The van der Waals surface area contributed by atoms with Crippen molar-refractivity contribution in [3.05, 3.63) is 285 Å². The summed E-state index contributed by atoms with van der Waals surface area (Å²) in [4.78, 5) is 0. The summed E-state index contributed by atoms with van der Waals surface area (Å²) in [6.07, 6.45) is 0. The zero-order valence-corrected chi connectivity index (χ0v) is 42.7. The Bertz CT molecular complexity index is 4510. The normalized spacial score (nSPS) is 12.0. The first kappa shape index (κ1) is 45.9. The molecule has 0 atom stereocenters. The van der Waals surface area contributed by atoms with Crippen LogP contribution in [0.15, 0.2) is 285 Å². The molecular weight excluding hydrogens is 968 g/mol. The molecule has 2 aromatic heterocycles. The Hall–Kier alpha value is -10.5. The Balaban J connectivity index is 0.000000137. The van der Waals surface area contributed by atoms with E-state index >= 15 is 0 Å². The molecule has 0 N–H and O–H groups in total. The Kier molecular flexibility index (Phi) is 11.2. The van der Waals surface area contributed by atoms with Crippen LogP contribution in [-0.4, -0.2) is 15.8 Å². The molecule has 0 spiro atoms. The number of rotatable bonds is 8. The third kappa shape index (κ3) is 8.24. The summed E-state index contributed by atoms with van der Waals surface area (Å²) in [5.41, 5.74) is 15.1. The van der Waals surface area contributed by atoms with Crippen LogP contribution in [0.5, 0.6) is 46.0 Å². The maximum atomic E-state index is 6.50. The lowest BCUT2D eigenvalue weighted by Gasteiger charge is -2.32. The van der Waals surface area contributed by atoms with Gasteiger partial charge >= 0.3 is 0 Å². The number of nitrogens with zero attached hydrogens (tertiary/aromatic N) is 2. The molecule has 2 aliphatic heterocycles. The molecule has 6 nitrogen and oxygen atoms in total. The van der Waals surface area contributed by atoms with E-state index in [-0.39, 0.29) is 6.71 Å². The second-order valence-electron chi connectivity index (χ2n) is 19.9. The van der Waals surface area contributed by atoms with Crippen LogP contribution in [0.4, 0.5) is 0 Å². The van der Waals surface area contributed by atoms with Gasteiger partial charge < -0.3 is 28.1 Å². The lowest BCUT2D eigenvalue weighted by Crippen LogP contribution is -2.57. The summed E-state index contributed by atoms with van der Waals surface area (Å²) in [5.74, 6) is 6.57. The van der Waals surface area contributed by atoms with Gasteiger partial charge in [0, 0.05) is 44.4 Å². The van der Waals surface area contributed by atoms with Gasteiger partial charge in [0.15, 0.2) is 0 Å². The number of para-hydroxylation sites is 6. The molecule has 0 fully saturated rings. The van der Waals surface area contributed by atoms with Crippen LogP contribution in [0, 0.1) is 0 Å². The first-order valence-electron chi connectivity index (χ1n) is 26.7. The van der Waals surface area contributed by atoms with Crippen LogP contribution in [0.2, 0.25) is 0 Å². The average Bonchev–Trinajstić information content (AvgIpc) is 4.22. The minimum Gasteiger partial charge on any atom is -0.458 e. The molecule has 0 unspecified atom stereocenters. The van der Waals surface area contributed by atoms with Crippen molar-refractivity contribution in [2.45, 2.75) is 0 Å². The topological polar surface area (TPSA) is 46.8 Å². The second kappa shape index (κ2) is 19.3. The molecule has 0 aliphatic carbocycles. The molecule has 0 saturated carbocycles. The highest BCUT2D eigenvalue weighted by Crippen LogP contribution is 2.39. The van der Waals surface area contributed by atoms with Gasteiger partial charge in [0.25, 0.3) is 6.71 Å². The number of hydrogen-bond acceptors (Lipinski definition) is 4. The zero-order chi connectivity index (χ0) is 52.2. The van der Waals surface area contributed by atoms with E-state index in [1.165, 1.54) is 54.5 Å². The summed E-state index contributed by atoms with van der Waals surface area (Å²) < 4.78 is 29.6. The molecular formula is C72H47BN2O4. The molecule has 79 heavy (non-hydrogen) atoms. The zero-order valence-electron chi connectivity index (χ0n) is 42.7. The van der Waals surface area contributed by atoms with Crippen LogP contribution in [0.1, 0.15) is 0 Å². The van der Waals surface area contributed by atoms with Crippen LogP contribution < -0.4 is 35.3 Å². The monoisotopic (exact) mass is 1010 g/mol. The van der Waals surface area contributed by atoms with E-state index in [0.29, 0.717) is 0 Å². The van der Waals surface area contributed by atoms with Crippen molar-refractivity contribution in [1.82, 2.24) is 9.13 Å². The van der Waals surface area contributed by atoms with E-state index in [4.69, 9.17) is 18.9 Å². The average molecular weight is 1010 g/mol. The second-order valence-corrected chi connectivity index (χ2v) is 19.9. The van der Waals surface area contributed by atoms with Gasteiger partial charge in [-0.2, -0.15) is 0 Å². The minimum atomic E-state index is 0.0895. The predicted octanol–water partition coefficient (Wildman–Crippen LogP) is 17.2. The third-order valence-corrected chi connectivity index (χ3v) is 15.2. The summed E-state index contributed by atoms with van der Waals surface area (Å²) in [6, 6.07) is 98.6. The number of benzene rings is 12. The summed E-state index contributed by atoms with van der Waals surface area (Å²) in [5, 5.41) is 5.07. The predicted molar refractivity (Wildman–Crippen MR) is 323 cm³/mol. The number of aromatic nitrogens is 2. The van der Waals surface area contributed by atoms with E-state index < -0.39 is 0 Å². The molecule has 0 amide bonds. The maximum Gasteiger partial charge on any atom is 0.260 e. The summed E-state index contributed by atoms with van der Waals surface area (Å²) in [7, 11) is 0. The Morgan fingerprint density at radius 2 is 0.658 bits per heavy atom. The quantitative estimate of drug-likeness (QED) is 0.142. The van der Waals surface area contributed by atoms with Crippen molar-refractivity contribution in [3.63, 3.8) is 0 Å². The van der Waals surface area contributed by atoms with Gasteiger partial charge in [-0.15, -0.1) is 0 Å². The van der Waals surface area contributed by atoms with Crippen molar-refractivity contribution in [1.29, 1.82) is 0 Å². The molecule has 4 heterocycles. The largest absolute Gasteiger partial charge is 0.458 e. The highest BCUT2D eigenvalue weighted by atomic mass is 16.5. The lowest BCUT2D eigenvalue weighted by atomic mass is 9.35. The molecule has 0 radical (unpaired) electrons. The number of ether oxygens (including phenoxy) is 4. The van der Waals surface area contributed by atoms with Gasteiger partial charge in [-0.1, -0.05) is 170 Å². The summed E-state index contributed by atoms with van der Waals surface area (Å²) in [6.45, 7) is 0.0895. The Labute approximate surface area is 457 Å². The van der Waals surface area contributed by atoms with E-state index in [1.807, 2.05) is 97.1 Å². The van der Waals surface area contributed by atoms with Gasteiger partial charge in [0.2, 0.25) is 0 Å². The minimum absolute atomic E-state index is 0.0895. The lowest BCUT2D eigenvalue weighted by molar-refractivity contribution is 0.460. The first-order valence-corrected chi connectivity index (χ1v) is 26.7. The molecule has 2 aliphatic rings. The van der Waals surface area contributed by atoms with Crippen molar-refractivity contribution < 1.29 is 18.9 Å². The molecule has 0 bridgehead atoms. The van der Waals surface area contributed by atoms with E-state index in [1.54, 1.807) is 0 Å². The van der Waals surface area contributed by atoms with E-state index in [2.05, 4.69) is 197 Å². The van der Waals surface area contributed by atoms with Crippen molar-refractivity contribution in [2.24, 2.45) is 0 Å². The van der Waals surface area contributed by atoms with Gasteiger partial charge in [0.1, 0.15) is 46.0 Å². The van der Waals surface area contributed by atoms with E-state index in [0.717, 1.165) is 85.1 Å². The van der Waals surface area contributed by atoms with Gasteiger partial charge in [-0.3, -0.25) is 0 Å². The van der Waals surface area contributed by atoms with Crippen LogP contribution in [0.25, 0.3) is 77.2 Å². The fourth-order valence-corrected chi connectivity index (χ4v) is 11.7. The van der Waals surface area contributed by atoms with Crippen molar-refractivity contribution >= 4 is 66.7 Å². The third-order valence-electron chi connectivity index (χ3n) is 15.2. The maximum absolute atomic E-state index is 6.50. The first-order chi connectivity index (χ1) is 39.1. The van der Waals surface area contributed by atoms with Crippen LogP contribution in [-0.2, 0) is 0 Å². The van der Waals surface area contributed by atoms with Gasteiger partial charge in [-0.25, -0.2) is 0 Å². The highest BCUT2D eigenvalue weighted by Gasteiger charge is 2.39. The standard InChI is InChI=1S/C36H22BNO2.C36H25NO2/c1-4-11-30-26(8-1)27-9-2-5-12-31(27)38(30)25-19-16-23(17-20-25)24-18-21-29-35(22-24)40-34-15-7-14-33-36(34)37(29)28-10-3-6-13-32(28)39-33;1-2-11-29(12-3-1)38-31-14-9-15-32(25-31)39-30-13-8-10-27(24-30)26-20-22-28(23-21-26)37-35-18-6-4-16-33(35)34-17-5-7-19-36(34)37/h1-22H;1-25H. The smallest absolute Gasteiger partial charge is 0.260 e. The molecule has 7 heteroatoms. The number of fused-ring (bicyclic) bond motifs is 10. The fourth-order valence-electron chi connectivity index (χ4n) is 11.7. The van der Waals surface area contributed by atoms with Gasteiger partial charge in [-0.05, 0) is 142 Å². The SMILES string of the molecule is c1ccc(Oc2cccc(Oc3cccc(-c4ccc(-n5c6ccccc6c6ccccc65)cc4)c3)c2)cc1.c1ccc2c(c1)Oc1cccc3c1B2c1ccc(-c2ccc(-n4c5ccccc5c5ccccc54)cc2)cc1O3. The molecule has 14 aromatic rings. The van der Waals surface area contributed by atoms with Crippen molar-refractivity contribution in [3.8, 4) is 79.6 Å². The molecule has 0 saturated heterocycles. The fraction of sp³-hybridized carbons (Fsp3) is 0. The Morgan fingerprint density at radius 3 is 1.23 bits per heavy atom. The van der Waals surface area contributed by atoms with Crippen molar-refractivity contribution in [2.75, 3.05) is 0 Å². The molecule has 372 valence electrons. The molecule has 16 rings (SSSR count). The highest BCUT2D eigenvalue weighted by molar-refractivity contribution is 6.98.